The van der Waals surface area contributed by atoms with Crippen molar-refractivity contribution in [3.63, 3.8) is 0 Å². The molecule has 0 aliphatic rings. The van der Waals surface area contributed by atoms with E-state index in [0.29, 0.717) is 53.1 Å². The molecule has 0 aliphatic heterocycles. The molecule has 13 heteroatoms. The van der Waals surface area contributed by atoms with Crippen LogP contribution < -0.4 is 27.3 Å². The Morgan fingerprint density at radius 1 is 1.05 bits per heavy atom. The summed E-state index contributed by atoms with van der Waals surface area (Å²) in [5.41, 5.74) is 18.0. The number of primary amides is 1. The number of guanidine groups is 1. The summed E-state index contributed by atoms with van der Waals surface area (Å²) in [7, 11) is 1.53. The summed E-state index contributed by atoms with van der Waals surface area (Å²) in [5, 5.41) is 2.65. The Kier molecular flexibility index (Phi) is 8.99. The van der Waals surface area contributed by atoms with Gasteiger partial charge in [0.25, 0.3) is 5.91 Å². The Bertz CT molecular complexity index is 1630. The molecule has 1 heterocycles. The number of methoxy groups -OCH3 is 1. The van der Waals surface area contributed by atoms with Crippen LogP contribution in [0, 0.1) is 0 Å². The highest BCUT2D eigenvalue weighted by Gasteiger charge is 2.30. The summed E-state index contributed by atoms with van der Waals surface area (Å²) >= 11 is 0. The number of aliphatic imine (C=N–C) groups is 1. The van der Waals surface area contributed by atoms with Gasteiger partial charge in [-0.3, -0.25) is 14.6 Å². The van der Waals surface area contributed by atoms with Crippen LogP contribution in [0.4, 0.5) is 13.2 Å². The Morgan fingerprint density at radius 3 is 2.50 bits per heavy atom. The van der Waals surface area contributed by atoms with Crippen molar-refractivity contribution in [2.75, 3.05) is 13.7 Å². The minimum atomic E-state index is -4.49. The fourth-order valence-corrected chi connectivity index (χ4v) is 4.55. The van der Waals surface area contributed by atoms with Crippen LogP contribution in [0.1, 0.15) is 40.4 Å². The van der Waals surface area contributed by atoms with E-state index in [2.05, 4.69) is 10.3 Å². The van der Waals surface area contributed by atoms with Crippen molar-refractivity contribution in [2.24, 2.45) is 22.2 Å². The summed E-state index contributed by atoms with van der Waals surface area (Å²) in [5.74, 6) is -0.156. The lowest BCUT2D eigenvalue weighted by molar-refractivity contribution is -0.137. The van der Waals surface area contributed by atoms with Crippen LogP contribution in [0.5, 0.6) is 5.75 Å². The molecule has 0 fully saturated rings. The van der Waals surface area contributed by atoms with Crippen molar-refractivity contribution >= 4 is 28.8 Å². The fourth-order valence-electron chi connectivity index (χ4n) is 4.55. The molecule has 0 spiro atoms. The first-order valence-corrected chi connectivity index (χ1v) is 12.9. The minimum Gasteiger partial charge on any atom is -0.497 e. The highest BCUT2D eigenvalue weighted by Crippen LogP contribution is 2.33. The van der Waals surface area contributed by atoms with E-state index in [-0.39, 0.29) is 18.1 Å². The van der Waals surface area contributed by atoms with E-state index in [1.807, 2.05) is 0 Å². The standard InChI is InChI=1S/C29H30F3N7O3/c1-42-21-8-3-6-18(14-21)26-38-22-15-19(27(41)37-16-17-5-2-7-20(13-17)29(30,31)32)10-11-23(22)39(26)24(25(33)40)9-4-12-36-28(34)35/h2-3,5-8,10-11,13-15,24H,4,9,12,16H2,1H3,(H2,33,40)(H,37,41)(H4,34,35,36)/t24-/m0/s1. The first-order valence-electron chi connectivity index (χ1n) is 12.9. The third kappa shape index (κ3) is 6.97. The predicted octanol–water partition coefficient (Wildman–Crippen LogP) is 3.74. The molecule has 1 aromatic heterocycles. The van der Waals surface area contributed by atoms with Gasteiger partial charge in [0, 0.05) is 24.2 Å². The van der Waals surface area contributed by atoms with Crippen molar-refractivity contribution < 1.29 is 27.5 Å². The molecule has 1 atom stereocenters. The normalized spacial score (nSPS) is 12.1. The number of aromatic nitrogens is 2. The van der Waals surface area contributed by atoms with Gasteiger partial charge in [0.05, 0.1) is 23.7 Å². The number of imidazole rings is 1. The quantitative estimate of drug-likeness (QED) is 0.120. The van der Waals surface area contributed by atoms with Gasteiger partial charge in [-0.25, -0.2) is 4.98 Å². The van der Waals surface area contributed by atoms with E-state index in [0.717, 1.165) is 12.1 Å². The largest absolute Gasteiger partial charge is 0.497 e. The maximum Gasteiger partial charge on any atom is 0.416 e. The van der Waals surface area contributed by atoms with E-state index < -0.39 is 29.6 Å². The summed E-state index contributed by atoms with van der Waals surface area (Å²) in [6, 6.07) is 15.8. The maximum absolute atomic E-state index is 13.1. The van der Waals surface area contributed by atoms with Crippen LogP contribution >= 0.6 is 0 Å². The number of carbonyl (C=O) groups excluding carboxylic acids is 2. The second kappa shape index (κ2) is 12.6. The molecule has 4 aromatic rings. The molecule has 10 nitrogen and oxygen atoms in total. The van der Waals surface area contributed by atoms with E-state index in [1.54, 1.807) is 47.0 Å². The number of fused-ring (bicyclic) bond motifs is 1. The molecule has 7 N–H and O–H groups in total. The van der Waals surface area contributed by atoms with Crippen molar-refractivity contribution in [2.45, 2.75) is 31.6 Å². The number of benzene rings is 3. The average molecular weight is 582 g/mol. The van der Waals surface area contributed by atoms with Gasteiger partial charge >= 0.3 is 6.18 Å². The minimum absolute atomic E-state index is 0.0605. The summed E-state index contributed by atoms with van der Waals surface area (Å²) in [4.78, 5) is 34.4. The zero-order chi connectivity index (χ0) is 30.4. The molecule has 2 amide bonds. The molecular weight excluding hydrogens is 551 g/mol. The third-order valence-electron chi connectivity index (χ3n) is 6.56. The smallest absolute Gasteiger partial charge is 0.416 e. The predicted molar refractivity (Wildman–Crippen MR) is 152 cm³/mol. The number of ether oxygens (including phenoxy) is 1. The van der Waals surface area contributed by atoms with Gasteiger partial charge in [0.2, 0.25) is 5.91 Å². The third-order valence-corrected chi connectivity index (χ3v) is 6.56. The van der Waals surface area contributed by atoms with Crippen molar-refractivity contribution in [3.8, 4) is 17.1 Å². The molecule has 0 radical (unpaired) electrons. The Hall–Kier alpha value is -5.07. The number of nitrogens with zero attached hydrogens (tertiary/aromatic N) is 3. The first-order chi connectivity index (χ1) is 20.0. The highest BCUT2D eigenvalue weighted by molar-refractivity contribution is 5.98. The second-order valence-corrected chi connectivity index (χ2v) is 9.49. The summed E-state index contributed by atoms with van der Waals surface area (Å²) in [6.07, 6.45) is -3.72. The van der Waals surface area contributed by atoms with Crippen LogP contribution in [0.15, 0.2) is 71.7 Å². The monoisotopic (exact) mass is 581 g/mol. The second-order valence-electron chi connectivity index (χ2n) is 9.49. The number of carbonyl (C=O) groups is 2. The van der Waals surface area contributed by atoms with Gasteiger partial charge in [0.15, 0.2) is 5.96 Å². The van der Waals surface area contributed by atoms with Gasteiger partial charge in [0.1, 0.15) is 17.6 Å². The molecule has 220 valence electrons. The van der Waals surface area contributed by atoms with E-state index >= 15 is 0 Å². The zero-order valence-electron chi connectivity index (χ0n) is 22.7. The topological polar surface area (TPSA) is 164 Å². The number of nitrogens with one attached hydrogen (secondary N) is 1. The average Bonchev–Trinajstić information content (AvgIpc) is 3.33. The van der Waals surface area contributed by atoms with Crippen molar-refractivity contribution in [3.05, 3.63) is 83.4 Å². The van der Waals surface area contributed by atoms with Crippen LogP contribution in [0.2, 0.25) is 0 Å². The molecule has 0 saturated carbocycles. The molecule has 0 aliphatic carbocycles. The number of hydrogen-bond acceptors (Lipinski definition) is 5. The molecule has 0 saturated heterocycles. The van der Waals surface area contributed by atoms with E-state index in [9.17, 15) is 22.8 Å². The number of halogens is 3. The van der Waals surface area contributed by atoms with Gasteiger partial charge < -0.3 is 31.8 Å². The molecular formula is C29H30F3N7O3. The lowest BCUT2D eigenvalue weighted by Gasteiger charge is -2.19. The SMILES string of the molecule is COc1cccc(-c2nc3cc(C(=O)NCc4cccc(C(F)(F)F)c4)ccc3n2[C@@H](CCCN=C(N)N)C(N)=O)c1. The van der Waals surface area contributed by atoms with Gasteiger partial charge in [-0.15, -0.1) is 0 Å². The fraction of sp³-hybridized carbons (Fsp3) is 0.241. The molecule has 4 rings (SSSR count). The lowest BCUT2D eigenvalue weighted by Crippen LogP contribution is -2.27. The Labute approximate surface area is 239 Å². The van der Waals surface area contributed by atoms with E-state index in [1.165, 1.54) is 19.2 Å². The summed E-state index contributed by atoms with van der Waals surface area (Å²) in [6.45, 7) is 0.188. The van der Waals surface area contributed by atoms with Crippen molar-refractivity contribution in [1.29, 1.82) is 0 Å². The zero-order valence-corrected chi connectivity index (χ0v) is 22.7. The van der Waals surface area contributed by atoms with Crippen LogP contribution in [0.3, 0.4) is 0 Å². The van der Waals surface area contributed by atoms with E-state index in [4.69, 9.17) is 26.9 Å². The summed E-state index contributed by atoms with van der Waals surface area (Å²) < 4.78 is 46.2. The van der Waals surface area contributed by atoms with Crippen LogP contribution in [-0.4, -0.2) is 41.0 Å². The van der Waals surface area contributed by atoms with Gasteiger partial charge in [-0.2, -0.15) is 13.2 Å². The Morgan fingerprint density at radius 2 is 1.81 bits per heavy atom. The van der Waals surface area contributed by atoms with Crippen molar-refractivity contribution in [1.82, 2.24) is 14.9 Å². The van der Waals surface area contributed by atoms with Gasteiger partial charge in [-0.1, -0.05) is 24.3 Å². The highest BCUT2D eigenvalue weighted by atomic mass is 19.4. The molecule has 3 aromatic carbocycles. The number of hydrogen-bond donors (Lipinski definition) is 4. The number of rotatable bonds is 11. The number of alkyl halides is 3. The molecule has 0 bridgehead atoms. The number of amides is 2. The lowest BCUT2D eigenvalue weighted by atomic mass is 10.1. The van der Waals surface area contributed by atoms with Crippen LogP contribution in [-0.2, 0) is 17.5 Å². The van der Waals surface area contributed by atoms with Gasteiger partial charge in [-0.05, 0) is 60.9 Å². The maximum atomic E-state index is 13.1. The van der Waals surface area contributed by atoms with Crippen LogP contribution in [0.25, 0.3) is 22.4 Å². The Balaban J connectivity index is 1.69. The first kappa shape index (κ1) is 29.9. The molecule has 0 unspecified atom stereocenters. The number of nitrogens with two attached hydrogens (primary N) is 3. The molecule has 42 heavy (non-hydrogen) atoms.